The topological polar surface area (TPSA) is 89.3 Å². The number of nitrogens with one attached hydrogen (secondary N) is 1. The first kappa shape index (κ1) is 15.2. The lowest BCUT2D eigenvalue weighted by atomic mass is 10.3. The normalized spacial score (nSPS) is 11.3. The quantitative estimate of drug-likeness (QED) is 0.626. The SMILES string of the molecule is O=[N+]([O-])c1ccc(Cl)c(NS(=O)(=O)c2sccc2Br)c1. The summed E-state index contributed by atoms with van der Waals surface area (Å²) in [4.78, 5) is 10.1. The van der Waals surface area contributed by atoms with Crippen LogP contribution in [0.1, 0.15) is 0 Å². The van der Waals surface area contributed by atoms with Crippen molar-refractivity contribution in [3.8, 4) is 0 Å². The zero-order valence-electron chi connectivity index (χ0n) is 9.54. The van der Waals surface area contributed by atoms with Gasteiger partial charge in [0.25, 0.3) is 15.7 Å². The molecule has 0 fully saturated rings. The highest BCUT2D eigenvalue weighted by molar-refractivity contribution is 9.10. The molecule has 0 saturated heterocycles. The Morgan fingerprint density at radius 1 is 1.35 bits per heavy atom. The molecule has 106 valence electrons. The van der Waals surface area contributed by atoms with Crippen molar-refractivity contribution in [2.45, 2.75) is 4.21 Å². The van der Waals surface area contributed by atoms with Gasteiger partial charge in [-0.3, -0.25) is 14.8 Å². The Bertz CT molecular complexity index is 775. The number of hydrogen-bond donors (Lipinski definition) is 1. The van der Waals surface area contributed by atoms with Crippen molar-refractivity contribution in [2.75, 3.05) is 4.72 Å². The van der Waals surface area contributed by atoms with Crippen LogP contribution in [0.25, 0.3) is 0 Å². The Hall–Kier alpha value is -1.16. The molecular weight excluding hydrogens is 392 g/mol. The molecule has 1 N–H and O–H groups in total. The van der Waals surface area contributed by atoms with E-state index in [1.54, 1.807) is 11.4 Å². The smallest absolute Gasteiger partial charge is 0.272 e. The molecule has 10 heteroatoms. The van der Waals surface area contributed by atoms with Crippen LogP contribution in [0.3, 0.4) is 0 Å². The molecule has 0 aliphatic heterocycles. The van der Waals surface area contributed by atoms with E-state index in [0.717, 1.165) is 17.4 Å². The molecule has 1 aromatic carbocycles. The molecule has 0 amide bonds. The van der Waals surface area contributed by atoms with E-state index in [0.29, 0.717) is 4.47 Å². The van der Waals surface area contributed by atoms with Crippen molar-refractivity contribution in [3.63, 3.8) is 0 Å². The van der Waals surface area contributed by atoms with Gasteiger partial charge in [-0.25, -0.2) is 8.42 Å². The van der Waals surface area contributed by atoms with E-state index in [2.05, 4.69) is 20.7 Å². The summed E-state index contributed by atoms with van der Waals surface area (Å²) >= 11 is 9.99. The monoisotopic (exact) mass is 396 g/mol. The summed E-state index contributed by atoms with van der Waals surface area (Å²) < 4.78 is 27.0. The Morgan fingerprint density at radius 2 is 2.05 bits per heavy atom. The summed E-state index contributed by atoms with van der Waals surface area (Å²) in [7, 11) is -3.85. The van der Waals surface area contributed by atoms with Crippen LogP contribution in [0.15, 0.2) is 38.3 Å². The van der Waals surface area contributed by atoms with Gasteiger partial charge in [0.1, 0.15) is 0 Å². The fourth-order valence-electron chi connectivity index (χ4n) is 1.37. The lowest BCUT2D eigenvalue weighted by Crippen LogP contribution is -2.12. The Morgan fingerprint density at radius 3 is 2.60 bits per heavy atom. The third-order valence-corrected chi connectivity index (χ3v) is 6.60. The molecule has 0 unspecified atom stereocenters. The van der Waals surface area contributed by atoms with Gasteiger partial charge >= 0.3 is 0 Å². The van der Waals surface area contributed by atoms with Crippen molar-refractivity contribution in [2.24, 2.45) is 0 Å². The fraction of sp³-hybridized carbons (Fsp3) is 0. The molecule has 0 aliphatic carbocycles. The summed E-state index contributed by atoms with van der Waals surface area (Å²) in [6, 6.07) is 5.12. The molecule has 20 heavy (non-hydrogen) atoms. The fourth-order valence-corrected chi connectivity index (χ4v) is 5.00. The molecular formula is C10H6BrClN2O4S2. The average molecular weight is 398 g/mol. The highest BCUT2D eigenvalue weighted by Gasteiger charge is 2.21. The molecule has 0 radical (unpaired) electrons. The minimum absolute atomic E-state index is 0.0406. The largest absolute Gasteiger partial charge is 0.277 e. The van der Waals surface area contributed by atoms with Gasteiger partial charge in [-0.2, -0.15) is 0 Å². The zero-order chi connectivity index (χ0) is 14.9. The number of anilines is 1. The maximum atomic E-state index is 12.2. The van der Waals surface area contributed by atoms with Crippen molar-refractivity contribution < 1.29 is 13.3 Å². The number of nitro benzene ring substituents is 1. The Balaban J connectivity index is 2.42. The lowest BCUT2D eigenvalue weighted by molar-refractivity contribution is -0.384. The molecule has 2 aromatic rings. The first-order valence-corrected chi connectivity index (χ1v) is 8.54. The van der Waals surface area contributed by atoms with E-state index in [1.165, 1.54) is 12.1 Å². The van der Waals surface area contributed by atoms with Crippen LogP contribution in [0.2, 0.25) is 5.02 Å². The van der Waals surface area contributed by atoms with Gasteiger partial charge in [0.2, 0.25) is 0 Å². The lowest BCUT2D eigenvalue weighted by Gasteiger charge is -2.08. The number of sulfonamides is 1. The number of nitrogens with zero attached hydrogens (tertiary/aromatic N) is 1. The number of thiophene rings is 1. The molecule has 0 saturated carbocycles. The van der Waals surface area contributed by atoms with Gasteiger partial charge in [0.15, 0.2) is 4.21 Å². The number of benzene rings is 1. The van der Waals surface area contributed by atoms with Crippen LogP contribution in [-0.2, 0) is 10.0 Å². The number of hydrogen-bond acceptors (Lipinski definition) is 5. The molecule has 0 bridgehead atoms. The van der Waals surface area contributed by atoms with Gasteiger partial charge in [-0.15, -0.1) is 11.3 Å². The number of nitro groups is 1. The standard InChI is InChI=1S/C10H6BrClN2O4S2/c11-7-3-4-19-10(7)20(17,18)13-9-5-6(14(15)16)1-2-8(9)12/h1-5,13H. The van der Waals surface area contributed by atoms with Crippen LogP contribution in [-0.4, -0.2) is 13.3 Å². The van der Waals surface area contributed by atoms with E-state index in [1.807, 2.05) is 0 Å². The number of non-ortho nitro benzene ring substituents is 1. The summed E-state index contributed by atoms with van der Waals surface area (Å²) in [5, 5.41) is 12.4. The van der Waals surface area contributed by atoms with E-state index in [4.69, 9.17) is 11.6 Å². The van der Waals surface area contributed by atoms with Gasteiger partial charge in [-0.1, -0.05) is 11.6 Å². The maximum Gasteiger partial charge on any atom is 0.272 e. The van der Waals surface area contributed by atoms with E-state index in [9.17, 15) is 18.5 Å². The highest BCUT2D eigenvalue weighted by atomic mass is 79.9. The third kappa shape index (κ3) is 3.11. The third-order valence-electron chi connectivity index (χ3n) is 2.23. The van der Waals surface area contributed by atoms with Crippen molar-refractivity contribution in [1.82, 2.24) is 0 Å². The minimum atomic E-state index is -3.85. The van der Waals surface area contributed by atoms with Crippen LogP contribution < -0.4 is 4.72 Å². The van der Waals surface area contributed by atoms with Crippen LogP contribution >= 0.6 is 38.9 Å². The first-order chi connectivity index (χ1) is 9.31. The van der Waals surface area contributed by atoms with Crippen molar-refractivity contribution in [1.29, 1.82) is 0 Å². The predicted molar refractivity (Wildman–Crippen MR) is 80.9 cm³/mol. The van der Waals surface area contributed by atoms with Gasteiger partial charge in [0.05, 0.1) is 15.6 Å². The van der Waals surface area contributed by atoms with Crippen LogP contribution in [0.5, 0.6) is 0 Å². The number of rotatable bonds is 4. The van der Waals surface area contributed by atoms with E-state index >= 15 is 0 Å². The van der Waals surface area contributed by atoms with Gasteiger partial charge < -0.3 is 0 Å². The molecule has 0 spiro atoms. The second-order valence-corrected chi connectivity index (χ2v) is 7.64. The Labute approximate surface area is 131 Å². The zero-order valence-corrected chi connectivity index (χ0v) is 13.5. The molecule has 0 aliphatic rings. The highest BCUT2D eigenvalue weighted by Crippen LogP contribution is 2.32. The second kappa shape index (κ2) is 5.68. The Kier molecular flexibility index (Phi) is 4.33. The van der Waals surface area contributed by atoms with Crippen LogP contribution in [0, 0.1) is 10.1 Å². The summed E-state index contributed by atoms with van der Waals surface area (Å²) in [5.41, 5.74) is -0.293. The van der Waals surface area contributed by atoms with E-state index in [-0.39, 0.29) is 20.6 Å². The summed E-state index contributed by atoms with van der Waals surface area (Å²) in [6.07, 6.45) is 0. The van der Waals surface area contributed by atoms with Crippen molar-refractivity contribution >= 4 is 60.3 Å². The molecule has 2 rings (SSSR count). The van der Waals surface area contributed by atoms with Gasteiger partial charge in [0, 0.05) is 16.6 Å². The summed E-state index contributed by atoms with van der Waals surface area (Å²) in [6.45, 7) is 0. The second-order valence-electron chi connectivity index (χ2n) is 3.58. The van der Waals surface area contributed by atoms with Crippen LogP contribution in [0.4, 0.5) is 11.4 Å². The molecule has 6 nitrogen and oxygen atoms in total. The minimum Gasteiger partial charge on any atom is -0.277 e. The molecule has 1 aromatic heterocycles. The average Bonchev–Trinajstić information content (AvgIpc) is 2.78. The molecule has 1 heterocycles. The number of halogens is 2. The maximum absolute atomic E-state index is 12.2. The molecule has 0 atom stereocenters. The predicted octanol–water partition coefficient (Wildman–Crippen LogP) is 3.87. The first-order valence-electron chi connectivity index (χ1n) is 5.01. The summed E-state index contributed by atoms with van der Waals surface area (Å²) in [5.74, 6) is 0. The van der Waals surface area contributed by atoms with Gasteiger partial charge in [-0.05, 0) is 33.4 Å². The van der Waals surface area contributed by atoms with E-state index < -0.39 is 14.9 Å². The van der Waals surface area contributed by atoms with Crippen molar-refractivity contribution in [3.05, 3.63) is 49.3 Å².